The van der Waals surface area contributed by atoms with Crippen LogP contribution in [0.1, 0.15) is 11.1 Å². The molecule has 0 bridgehead atoms. The Balaban J connectivity index is 2.09. The highest BCUT2D eigenvalue weighted by molar-refractivity contribution is 7.99. The van der Waals surface area contributed by atoms with Crippen LogP contribution < -0.4 is 10.5 Å². The number of hydrogen-bond acceptors (Lipinski definition) is 11. The second-order valence-corrected chi connectivity index (χ2v) is 7.45. The number of benzene rings is 1. The maximum absolute atomic E-state index is 10.2. The number of ether oxygens (including phenoxy) is 2. The lowest BCUT2D eigenvalue weighted by atomic mass is 9.97. The fraction of sp³-hybridized carbons (Fsp3) is 0.316. The Morgan fingerprint density at radius 3 is 2.23 bits per heavy atom. The maximum Gasteiger partial charge on any atom is 0.185 e. The molecule has 0 amide bonds. The first kappa shape index (κ1) is 21.8. The summed E-state index contributed by atoms with van der Waals surface area (Å²) in [6, 6.07) is 10.6. The molecule has 1 aromatic heterocycles. The van der Waals surface area contributed by atoms with Crippen LogP contribution in [0.2, 0.25) is 0 Å². The van der Waals surface area contributed by atoms with Gasteiger partial charge in [-0.15, -0.1) is 0 Å². The van der Waals surface area contributed by atoms with Gasteiger partial charge in [-0.25, -0.2) is 4.98 Å². The summed E-state index contributed by atoms with van der Waals surface area (Å²) in [4.78, 5) is 4.09. The highest BCUT2D eigenvalue weighted by atomic mass is 32.2. The fourth-order valence-corrected chi connectivity index (χ4v) is 4.07. The average Bonchev–Trinajstić information content (AvgIpc) is 2.75. The number of aliphatic hydroxyl groups excluding tert-OH is 4. The van der Waals surface area contributed by atoms with Gasteiger partial charge in [0.25, 0.3) is 0 Å². The molecule has 1 aliphatic rings. The minimum atomic E-state index is -1.75. The molecule has 1 aromatic carbocycles. The number of aromatic nitrogens is 1. The van der Waals surface area contributed by atoms with Gasteiger partial charge < -0.3 is 35.6 Å². The molecule has 6 N–H and O–H groups in total. The van der Waals surface area contributed by atoms with Crippen LogP contribution in [-0.4, -0.2) is 62.6 Å². The van der Waals surface area contributed by atoms with Gasteiger partial charge in [0.15, 0.2) is 6.29 Å². The van der Waals surface area contributed by atoms with Gasteiger partial charge in [0.1, 0.15) is 58.0 Å². The molecule has 1 saturated heterocycles. The van der Waals surface area contributed by atoms with E-state index in [1.54, 1.807) is 24.3 Å². The lowest BCUT2D eigenvalue weighted by Crippen LogP contribution is -2.56. The fourth-order valence-electron chi connectivity index (χ4n) is 2.97. The van der Waals surface area contributed by atoms with Crippen molar-refractivity contribution in [3.8, 4) is 29.0 Å². The quantitative estimate of drug-likeness (QED) is 0.437. The minimum Gasteiger partial charge on any atom is -0.497 e. The number of thioether (sulfide) groups is 1. The van der Waals surface area contributed by atoms with E-state index in [1.165, 1.54) is 7.11 Å². The van der Waals surface area contributed by atoms with Gasteiger partial charge in [0.2, 0.25) is 0 Å². The van der Waals surface area contributed by atoms with Gasteiger partial charge in [-0.2, -0.15) is 10.5 Å². The van der Waals surface area contributed by atoms with Crippen molar-refractivity contribution in [2.45, 2.75) is 35.1 Å². The van der Waals surface area contributed by atoms with Gasteiger partial charge in [0.05, 0.1) is 12.7 Å². The van der Waals surface area contributed by atoms with E-state index in [0.29, 0.717) is 11.3 Å². The van der Waals surface area contributed by atoms with E-state index < -0.39 is 30.0 Å². The Bertz CT molecular complexity index is 1020. The van der Waals surface area contributed by atoms with Gasteiger partial charge >= 0.3 is 0 Å². The van der Waals surface area contributed by atoms with Crippen LogP contribution in [-0.2, 0) is 4.74 Å². The number of hydrogen-bond donors (Lipinski definition) is 5. The van der Waals surface area contributed by atoms with Gasteiger partial charge in [0, 0.05) is 5.56 Å². The van der Waals surface area contributed by atoms with Crippen molar-refractivity contribution in [2.24, 2.45) is 0 Å². The third-order valence-electron chi connectivity index (χ3n) is 4.57. The first-order chi connectivity index (χ1) is 14.3. The summed E-state index contributed by atoms with van der Waals surface area (Å²) < 4.78 is 10.3. The molecule has 5 atom stereocenters. The Kier molecular flexibility index (Phi) is 6.43. The number of nitrogens with zero attached hydrogens (tertiary/aromatic N) is 3. The summed E-state index contributed by atoms with van der Waals surface area (Å²) in [7, 11) is 1.50. The zero-order valence-corrected chi connectivity index (χ0v) is 16.4. The monoisotopic (exact) mass is 430 g/mol. The van der Waals surface area contributed by atoms with Gasteiger partial charge in [-0.05, 0) is 17.7 Å². The van der Waals surface area contributed by atoms with Crippen LogP contribution in [0.4, 0.5) is 5.82 Å². The molecule has 30 heavy (non-hydrogen) atoms. The van der Waals surface area contributed by atoms with E-state index in [2.05, 4.69) is 4.98 Å². The van der Waals surface area contributed by atoms with Crippen LogP contribution in [0, 0.1) is 22.7 Å². The molecular weight excluding hydrogens is 412 g/mol. The van der Waals surface area contributed by atoms with Gasteiger partial charge in [-0.1, -0.05) is 23.9 Å². The number of methoxy groups -OCH3 is 1. The van der Waals surface area contributed by atoms with E-state index in [1.807, 2.05) is 12.1 Å². The Labute approximate surface area is 175 Å². The Morgan fingerprint density at radius 2 is 1.67 bits per heavy atom. The summed E-state index contributed by atoms with van der Waals surface area (Å²) in [6.07, 6.45) is -6.69. The standard InChI is InChI=1S/C19H18N4O6S/c1-28-9-4-2-8(3-5-9)12-10(6-20)16(22)23-17(11(12)7-21)30-19-15(26)13(24)14(25)18(27)29-19/h2-5,13-15,18-19,24-27H,1H3,(H2,22,23)/t13-,14+,15+,18-,19-/m0/s1. The minimum absolute atomic E-state index is 0.00155. The molecule has 0 unspecified atom stereocenters. The molecular formula is C19H18N4O6S. The molecule has 156 valence electrons. The van der Waals surface area contributed by atoms with Crippen molar-refractivity contribution in [1.82, 2.24) is 4.98 Å². The molecule has 0 aliphatic carbocycles. The van der Waals surface area contributed by atoms with Crippen LogP contribution in [0.15, 0.2) is 29.3 Å². The summed E-state index contributed by atoms with van der Waals surface area (Å²) in [6.45, 7) is 0. The molecule has 11 heteroatoms. The predicted octanol–water partition coefficient (Wildman–Crippen LogP) is -0.0677. The van der Waals surface area contributed by atoms with E-state index in [4.69, 9.17) is 15.2 Å². The molecule has 1 fully saturated rings. The van der Waals surface area contributed by atoms with Crippen molar-refractivity contribution < 1.29 is 29.9 Å². The topological polar surface area (TPSA) is 186 Å². The number of aliphatic hydroxyl groups is 4. The SMILES string of the molecule is COc1ccc(-c2c(C#N)c(N)nc(S[C@@H]3O[C@H](O)[C@H](O)[C@H](O)[C@H]3O)c2C#N)cc1. The van der Waals surface area contributed by atoms with Gasteiger partial charge in [-0.3, -0.25) is 0 Å². The summed E-state index contributed by atoms with van der Waals surface area (Å²) >= 11 is 0.732. The zero-order valence-electron chi connectivity index (χ0n) is 15.6. The smallest absolute Gasteiger partial charge is 0.185 e. The van der Waals surface area contributed by atoms with E-state index in [-0.39, 0.29) is 27.5 Å². The molecule has 0 spiro atoms. The van der Waals surface area contributed by atoms with Crippen molar-refractivity contribution >= 4 is 17.6 Å². The van der Waals surface area contributed by atoms with E-state index in [0.717, 1.165) is 11.8 Å². The largest absolute Gasteiger partial charge is 0.497 e. The maximum atomic E-state index is 10.2. The van der Waals surface area contributed by atoms with Crippen LogP contribution in [0.3, 0.4) is 0 Å². The number of anilines is 1. The van der Waals surface area contributed by atoms with E-state index in [9.17, 15) is 30.9 Å². The molecule has 0 radical (unpaired) electrons. The molecule has 2 heterocycles. The third-order valence-corrected chi connectivity index (χ3v) is 5.71. The molecule has 0 saturated carbocycles. The Morgan fingerprint density at radius 1 is 1.03 bits per heavy atom. The second kappa shape index (κ2) is 8.85. The molecule has 3 rings (SSSR count). The van der Waals surface area contributed by atoms with Crippen molar-refractivity contribution in [1.29, 1.82) is 10.5 Å². The number of rotatable bonds is 4. The number of nitrogens with two attached hydrogens (primary N) is 1. The summed E-state index contributed by atoms with van der Waals surface area (Å²) in [5.41, 5.74) is 5.44. The summed E-state index contributed by atoms with van der Waals surface area (Å²) in [5.74, 6) is 0.434. The molecule has 1 aliphatic heterocycles. The summed E-state index contributed by atoms with van der Waals surface area (Å²) in [5, 5.41) is 58.8. The van der Waals surface area contributed by atoms with Crippen molar-refractivity contribution in [3.63, 3.8) is 0 Å². The van der Waals surface area contributed by atoms with E-state index >= 15 is 0 Å². The lowest BCUT2D eigenvalue weighted by molar-refractivity contribution is -0.261. The Hall–Kier alpha value is -2.90. The zero-order chi connectivity index (χ0) is 22.0. The first-order valence-corrected chi connectivity index (χ1v) is 9.52. The van der Waals surface area contributed by atoms with Crippen LogP contribution in [0.25, 0.3) is 11.1 Å². The highest BCUT2D eigenvalue weighted by Crippen LogP contribution is 2.39. The highest BCUT2D eigenvalue weighted by Gasteiger charge is 2.44. The lowest BCUT2D eigenvalue weighted by Gasteiger charge is -2.37. The first-order valence-electron chi connectivity index (χ1n) is 8.64. The predicted molar refractivity (Wildman–Crippen MR) is 105 cm³/mol. The van der Waals surface area contributed by atoms with Crippen molar-refractivity contribution in [2.75, 3.05) is 12.8 Å². The third kappa shape index (κ3) is 3.91. The number of pyridine rings is 1. The molecule has 10 nitrogen and oxygen atoms in total. The normalized spacial score (nSPS) is 25.9. The number of nitriles is 2. The van der Waals surface area contributed by atoms with Crippen molar-refractivity contribution in [3.05, 3.63) is 35.4 Å². The van der Waals surface area contributed by atoms with Crippen LogP contribution >= 0.6 is 11.8 Å². The van der Waals surface area contributed by atoms with Crippen LogP contribution in [0.5, 0.6) is 5.75 Å². The second-order valence-electron chi connectivity index (χ2n) is 6.36. The average molecular weight is 430 g/mol. The molecule has 2 aromatic rings. The number of nitrogen functional groups attached to an aromatic ring is 1.